The second-order valence-corrected chi connectivity index (χ2v) is 9.40. The molecule has 0 aromatic heterocycles. The lowest BCUT2D eigenvalue weighted by molar-refractivity contribution is 0.327. The Kier molecular flexibility index (Phi) is 5.47. The zero-order chi connectivity index (χ0) is 17.3. The first-order chi connectivity index (χ1) is 10.7. The zero-order valence-corrected chi connectivity index (χ0v) is 15.1. The smallest absolute Gasteiger partial charge is 0.240 e. The molecular formula is C14H23N3O4S2. The molecule has 3 N–H and O–H groups in total. The summed E-state index contributed by atoms with van der Waals surface area (Å²) in [4.78, 5) is 0.148. The van der Waals surface area contributed by atoms with Crippen molar-refractivity contribution in [3.63, 3.8) is 0 Å². The van der Waals surface area contributed by atoms with Gasteiger partial charge in [-0.2, -0.15) is 0 Å². The van der Waals surface area contributed by atoms with E-state index in [0.29, 0.717) is 12.1 Å². The van der Waals surface area contributed by atoms with Crippen molar-refractivity contribution >= 4 is 20.0 Å². The van der Waals surface area contributed by atoms with E-state index in [9.17, 15) is 16.8 Å². The lowest BCUT2D eigenvalue weighted by Gasteiger charge is -2.30. The molecule has 1 fully saturated rings. The molecule has 0 saturated carbocycles. The van der Waals surface area contributed by atoms with E-state index in [0.717, 1.165) is 13.0 Å². The van der Waals surface area contributed by atoms with Crippen LogP contribution in [0.3, 0.4) is 0 Å². The highest BCUT2D eigenvalue weighted by atomic mass is 32.2. The molecule has 1 aliphatic rings. The third-order valence-corrected chi connectivity index (χ3v) is 7.21. The number of sulfonamides is 2. The van der Waals surface area contributed by atoms with E-state index in [1.54, 1.807) is 6.92 Å². The molecular weight excluding hydrogens is 338 g/mol. The van der Waals surface area contributed by atoms with Crippen molar-refractivity contribution in [1.82, 2.24) is 14.8 Å². The van der Waals surface area contributed by atoms with E-state index in [2.05, 4.69) is 14.8 Å². The van der Waals surface area contributed by atoms with Crippen molar-refractivity contribution in [2.45, 2.75) is 36.1 Å². The molecule has 0 amide bonds. The van der Waals surface area contributed by atoms with Gasteiger partial charge >= 0.3 is 0 Å². The summed E-state index contributed by atoms with van der Waals surface area (Å²) in [5.74, 6) is 0.246. The predicted octanol–water partition coefficient (Wildman–Crippen LogP) is 0.179. The van der Waals surface area contributed by atoms with Gasteiger partial charge in [0.1, 0.15) is 0 Å². The van der Waals surface area contributed by atoms with Gasteiger partial charge in [-0.25, -0.2) is 26.3 Å². The van der Waals surface area contributed by atoms with Crippen LogP contribution in [0.1, 0.15) is 18.9 Å². The van der Waals surface area contributed by atoms with Crippen molar-refractivity contribution < 1.29 is 16.8 Å². The highest BCUT2D eigenvalue weighted by molar-refractivity contribution is 7.90. The first kappa shape index (κ1) is 18.3. The zero-order valence-electron chi connectivity index (χ0n) is 13.5. The molecule has 130 valence electrons. The summed E-state index contributed by atoms with van der Waals surface area (Å²) in [5.41, 5.74) is 0.386. The van der Waals surface area contributed by atoms with Gasteiger partial charge in [-0.05, 0) is 56.6 Å². The van der Waals surface area contributed by atoms with Gasteiger partial charge in [0.05, 0.1) is 9.79 Å². The first-order valence-electron chi connectivity index (χ1n) is 7.44. The molecule has 1 aromatic carbocycles. The fraction of sp³-hybridized carbons (Fsp3) is 0.571. The predicted molar refractivity (Wildman–Crippen MR) is 88.2 cm³/mol. The van der Waals surface area contributed by atoms with E-state index in [4.69, 9.17) is 0 Å². The Morgan fingerprint density at radius 2 is 1.87 bits per heavy atom. The number of piperidine rings is 1. The summed E-state index contributed by atoms with van der Waals surface area (Å²) >= 11 is 0. The standard InChI is InChI=1S/C14H23N3O4S2/c1-10-6-7-16-9-13(10)17-22(18,19)12-4-5-14(11(2)8-12)23(20,21)15-3/h4-5,8,10,13,15-17H,6-7,9H2,1-3H3. The third-order valence-electron chi connectivity index (χ3n) is 4.15. The minimum Gasteiger partial charge on any atom is -0.315 e. The minimum absolute atomic E-state index is 0.0721. The van der Waals surface area contributed by atoms with E-state index in [-0.39, 0.29) is 21.8 Å². The summed E-state index contributed by atoms with van der Waals surface area (Å²) in [6.45, 7) is 5.07. The van der Waals surface area contributed by atoms with Crippen LogP contribution < -0.4 is 14.8 Å². The van der Waals surface area contributed by atoms with Crippen molar-refractivity contribution in [1.29, 1.82) is 0 Å². The molecule has 2 unspecified atom stereocenters. The van der Waals surface area contributed by atoms with Crippen LogP contribution in [0.2, 0.25) is 0 Å². The minimum atomic E-state index is -3.69. The molecule has 1 aliphatic heterocycles. The van der Waals surface area contributed by atoms with E-state index < -0.39 is 20.0 Å². The summed E-state index contributed by atoms with van der Waals surface area (Å²) in [7, 11) is -5.97. The average Bonchev–Trinajstić information content (AvgIpc) is 2.49. The molecule has 9 heteroatoms. The van der Waals surface area contributed by atoms with E-state index in [1.165, 1.54) is 25.2 Å². The Labute approximate surface area is 138 Å². The Morgan fingerprint density at radius 3 is 2.43 bits per heavy atom. The lowest BCUT2D eigenvalue weighted by atomic mass is 9.96. The summed E-state index contributed by atoms with van der Waals surface area (Å²) in [6.07, 6.45) is 0.908. The van der Waals surface area contributed by atoms with Crippen LogP contribution in [0.5, 0.6) is 0 Å². The highest BCUT2D eigenvalue weighted by Crippen LogP contribution is 2.21. The lowest BCUT2D eigenvalue weighted by Crippen LogP contribution is -2.50. The first-order valence-corrected chi connectivity index (χ1v) is 10.4. The monoisotopic (exact) mass is 361 g/mol. The maximum Gasteiger partial charge on any atom is 0.240 e. The maximum absolute atomic E-state index is 12.5. The van der Waals surface area contributed by atoms with Crippen LogP contribution in [-0.4, -0.2) is 43.0 Å². The Bertz CT molecular complexity index is 775. The maximum atomic E-state index is 12.5. The van der Waals surface area contributed by atoms with E-state index in [1.807, 2.05) is 6.92 Å². The molecule has 0 bridgehead atoms. The van der Waals surface area contributed by atoms with Gasteiger partial charge in [-0.3, -0.25) is 0 Å². The number of aryl methyl sites for hydroxylation is 1. The van der Waals surface area contributed by atoms with Gasteiger partial charge in [0, 0.05) is 12.6 Å². The average molecular weight is 361 g/mol. The molecule has 2 rings (SSSR count). The van der Waals surface area contributed by atoms with Gasteiger partial charge in [0.15, 0.2) is 0 Å². The highest BCUT2D eigenvalue weighted by Gasteiger charge is 2.27. The van der Waals surface area contributed by atoms with Crippen LogP contribution in [0, 0.1) is 12.8 Å². The molecule has 0 radical (unpaired) electrons. The normalized spacial score (nSPS) is 22.9. The van der Waals surface area contributed by atoms with Crippen LogP contribution in [0.25, 0.3) is 0 Å². The number of benzene rings is 1. The molecule has 0 aliphatic carbocycles. The summed E-state index contributed by atoms with van der Waals surface area (Å²) in [5, 5.41) is 3.17. The van der Waals surface area contributed by atoms with Crippen LogP contribution in [0.4, 0.5) is 0 Å². The van der Waals surface area contributed by atoms with Gasteiger partial charge in [-0.15, -0.1) is 0 Å². The third kappa shape index (κ3) is 4.10. The number of nitrogens with one attached hydrogen (secondary N) is 3. The van der Waals surface area contributed by atoms with Gasteiger partial charge in [0.2, 0.25) is 20.0 Å². The van der Waals surface area contributed by atoms with E-state index >= 15 is 0 Å². The van der Waals surface area contributed by atoms with Crippen molar-refractivity contribution in [3.8, 4) is 0 Å². The second-order valence-electron chi connectivity index (χ2n) is 5.83. The molecule has 1 heterocycles. The van der Waals surface area contributed by atoms with Gasteiger partial charge < -0.3 is 5.32 Å². The topological polar surface area (TPSA) is 104 Å². The van der Waals surface area contributed by atoms with Crippen molar-refractivity contribution in [2.75, 3.05) is 20.1 Å². The Hall–Kier alpha value is -1.00. The largest absolute Gasteiger partial charge is 0.315 e. The SMILES string of the molecule is CNS(=O)(=O)c1ccc(S(=O)(=O)NC2CNCCC2C)cc1C. The molecule has 1 aromatic rings. The molecule has 23 heavy (non-hydrogen) atoms. The number of hydrogen-bond acceptors (Lipinski definition) is 5. The Balaban J connectivity index is 2.28. The molecule has 1 saturated heterocycles. The van der Waals surface area contributed by atoms with Crippen molar-refractivity contribution in [3.05, 3.63) is 23.8 Å². The summed E-state index contributed by atoms with van der Waals surface area (Å²) in [6, 6.07) is 3.85. The quantitative estimate of drug-likeness (QED) is 0.694. The van der Waals surface area contributed by atoms with Gasteiger partial charge in [0.25, 0.3) is 0 Å². The summed E-state index contributed by atoms with van der Waals surface area (Å²) < 4.78 is 53.7. The second kappa shape index (κ2) is 6.86. The number of rotatable bonds is 5. The number of hydrogen-bond donors (Lipinski definition) is 3. The fourth-order valence-corrected chi connectivity index (χ4v) is 4.99. The molecule has 7 nitrogen and oxygen atoms in total. The molecule has 0 spiro atoms. The van der Waals surface area contributed by atoms with Crippen molar-refractivity contribution in [2.24, 2.45) is 5.92 Å². The van der Waals surface area contributed by atoms with Crippen LogP contribution in [-0.2, 0) is 20.0 Å². The fourth-order valence-electron chi connectivity index (χ4n) is 2.62. The van der Waals surface area contributed by atoms with Gasteiger partial charge in [-0.1, -0.05) is 6.92 Å². The van der Waals surface area contributed by atoms with Crippen LogP contribution >= 0.6 is 0 Å². The molecule has 2 atom stereocenters. The Morgan fingerprint density at radius 1 is 1.17 bits per heavy atom. The van der Waals surface area contributed by atoms with Crippen LogP contribution in [0.15, 0.2) is 28.0 Å².